The van der Waals surface area contributed by atoms with Crippen molar-refractivity contribution in [1.29, 1.82) is 0 Å². The van der Waals surface area contributed by atoms with Gasteiger partial charge in [-0.3, -0.25) is 0 Å². The summed E-state index contributed by atoms with van der Waals surface area (Å²) in [4.78, 5) is 0. The van der Waals surface area contributed by atoms with Gasteiger partial charge in [-0.2, -0.15) is 0 Å². The molecule has 1 rings (SSSR count). The summed E-state index contributed by atoms with van der Waals surface area (Å²) in [5.74, 6) is 0. The average Bonchev–Trinajstić information content (AvgIpc) is 2.18. The first-order chi connectivity index (χ1) is 6.50. The van der Waals surface area contributed by atoms with Crippen molar-refractivity contribution in [3.05, 3.63) is 48.6 Å². The Morgan fingerprint density at radius 3 is 1.08 bits per heavy atom. The van der Waals surface area contributed by atoms with E-state index in [4.69, 9.17) is 0 Å². The van der Waals surface area contributed by atoms with Crippen molar-refractivity contribution in [1.82, 2.24) is 0 Å². The van der Waals surface area contributed by atoms with Gasteiger partial charge in [0.1, 0.15) is 0 Å². The van der Waals surface area contributed by atoms with E-state index < -0.39 is 0 Å². The van der Waals surface area contributed by atoms with Gasteiger partial charge in [-0.15, -0.1) is 0 Å². The smallest absolute Gasteiger partial charge is 0.0169 e. The minimum Gasteiger partial charge on any atom is -0.0879 e. The van der Waals surface area contributed by atoms with Crippen LogP contribution in [0.25, 0.3) is 0 Å². The quantitative estimate of drug-likeness (QED) is 0.483. The lowest BCUT2D eigenvalue weighted by molar-refractivity contribution is 1.04. The monoisotopic (exact) mass is 174 g/mol. The van der Waals surface area contributed by atoms with Crippen molar-refractivity contribution < 1.29 is 0 Å². The molecule has 0 aromatic carbocycles. The normalized spacial score (nSPS) is 28.9. The van der Waals surface area contributed by atoms with Crippen molar-refractivity contribution >= 4 is 0 Å². The third-order valence-corrected chi connectivity index (χ3v) is 1.98. The van der Waals surface area contributed by atoms with Gasteiger partial charge in [0.15, 0.2) is 0 Å². The van der Waals surface area contributed by atoms with Crippen LogP contribution in [-0.2, 0) is 0 Å². The second kappa shape index (κ2) is 7.60. The molecule has 0 saturated carbocycles. The Kier molecular flexibility index (Phi) is 5.87. The van der Waals surface area contributed by atoms with Gasteiger partial charge in [0.05, 0.1) is 0 Å². The highest BCUT2D eigenvalue weighted by molar-refractivity contribution is 5.00. The summed E-state index contributed by atoms with van der Waals surface area (Å²) < 4.78 is 0. The minimum absolute atomic E-state index is 1.07. The van der Waals surface area contributed by atoms with Crippen LogP contribution in [0.1, 0.15) is 32.1 Å². The standard InChI is InChI=1S/C13H18/c1-2-4-6-8-10-12-13-11-9-7-5-3-1/h1-2,5-8,11,13H,3-4,9-10,12H2/b2-1+,7-5+,8-6+,13-11+. The van der Waals surface area contributed by atoms with Crippen molar-refractivity contribution in [2.75, 3.05) is 0 Å². The summed E-state index contributed by atoms with van der Waals surface area (Å²) in [6, 6.07) is 0. The Balaban J connectivity index is 2.38. The molecular weight excluding hydrogens is 156 g/mol. The van der Waals surface area contributed by atoms with Crippen LogP contribution >= 0.6 is 0 Å². The molecule has 0 fully saturated rings. The fourth-order valence-electron chi connectivity index (χ4n) is 1.24. The average molecular weight is 174 g/mol. The van der Waals surface area contributed by atoms with Crippen LogP contribution in [0.5, 0.6) is 0 Å². The lowest BCUT2D eigenvalue weighted by Crippen LogP contribution is -1.65. The summed E-state index contributed by atoms with van der Waals surface area (Å²) in [6.07, 6.45) is 23.5. The van der Waals surface area contributed by atoms with Gasteiger partial charge in [-0.1, -0.05) is 48.6 Å². The van der Waals surface area contributed by atoms with Gasteiger partial charge < -0.3 is 0 Å². The Hall–Kier alpha value is -1.04. The van der Waals surface area contributed by atoms with E-state index in [1.165, 1.54) is 12.8 Å². The van der Waals surface area contributed by atoms with Crippen LogP contribution in [0, 0.1) is 0 Å². The zero-order valence-electron chi connectivity index (χ0n) is 8.15. The maximum atomic E-state index is 2.26. The fraction of sp³-hybridized carbons (Fsp3) is 0.385. The van der Waals surface area contributed by atoms with Gasteiger partial charge in [-0.05, 0) is 32.1 Å². The molecule has 0 bridgehead atoms. The molecule has 0 spiro atoms. The number of rotatable bonds is 0. The zero-order valence-corrected chi connectivity index (χ0v) is 8.15. The second-order valence-corrected chi connectivity index (χ2v) is 3.17. The molecule has 1 aliphatic carbocycles. The van der Waals surface area contributed by atoms with E-state index in [0.29, 0.717) is 0 Å². The van der Waals surface area contributed by atoms with Crippen molar-refractivity contribution in [2.45, 2.75) is 32.1 Å². The Morgan fingerprint density at radius 1 is 0.385 bits per heavy atom. The van der Waals surface area contributed by atoms with Crippen molar-refractivity contribution in [3.8, 4) is 0 Å². The molecule has 0 N–H and O–H groups in total. The van der Waals surface area contributed by atoms with E-state index in [-0.39, 0.29) is 0 Å². The third-order valence-electron chi connectivity index (χ3n) is 1.98. The number of hydrogen-bond acceptors (Lipinski definition) is 0. The first-order valence-corrected chi connectivity index (χ1v) is 5.10. The molecule has 0 heterocycles. The van der Waals surface area contributed by atoms with Crippen LogP contribution in [0.3, 0.4) is 0 Å². The fourth-order valence-corrected chi connectivity index (χ4v) is 1.24. The topological polar surface area (TPSA) is 0 Å². The van der Waals surface area contributed by atoms with Gasteiger partial charge in [0, 0.05) is 0 Å². The molecule has 70 valence electrons. The van der Waals surface area contributed by atoms with Crippen molar-refractivity contribution in [3.63, 3.8) is 0 Å². The highest BCUT2D eigenvalue weighted by Gasteiger charge is 1.78. The molecule has 0 atom stereocenters. The van der Waals surface area contributed by atoms with Crippen molar-refractivity contribution in [2.24, 2.45) is 0 Å². The summed E-state index contributed by atoms with van der Waals surface area (Å²) >= 11 is 0. The van der Waals surface area contributed by atoms with Crippen LogP contribution in [0.4, 0.5) is 0 Å². The van der Waals surface area contributed by atoms with E-state index in [9.17, 15) is 0 Å². The van der Waals surface area contributed by atoms with Crippen LogP contribution in [-0.4, -0.2) is 0 Å². The largest absolute Gasteiger partial charge is 0.0879 e. The van der Waals surface area contributed by atoms with Gasteiger partial charge in [-0.25, -0.2) is 0 Å². The molecule has 0 unspecified atom stereocenters. The zero-order chi connectivity index (χ0) is 9.19. The molecule has 0 nitrogen and oxygen atoms in total. The first kappa shape index (κ1) is 10.0. The van der Waals surface area contributed by atoms with Crippen LogP contribution in [0.15, 0.2) is 48.6 Å². The Labute approximate surface area is 81.4 Å². The van der Waals surface area contributed by atoms with Crippen LogP contribution < -0.4 is 0 Å². The number of hydrogen-bond donors (Lipinski definition) is 0. The predicted molar refractivity (Wildman–Crippen MR) is 59.6 cm³/mol. The molecule has 0 aliphatic heterocycles. The van der Waals surface area contributed by atoms with Crippen LogP contribution in [0.2, 0.25) is 0 Å². The second-order valence-electron chi connectivity index (χ2n) is 3.17. The molecule has 0 saturated heterocycles. The van der Waals surface area contributed by atoms with E-state index in [1.54, 1.807) is 0 Å². The highest BCUT2D eigenvalue weighted by atomic mass is 13.9. The SMILES string of the molecule is C1=C/C/C=C/CC/C=C/C/C=C/C/1. The summed E-state index contributed by atoms with van der Waals surface area (Å²) in [7, 11) is 0. The highest BCUT2D eigenvalue weighted by Crippen LogP contribution is 1.99. The molecule has 13 heavy (non-hydrogen) atoms. The van der Waals surface area contributed by atoms with Gasteiger partial charge in [0.25, 0.3) is 0 Å². The summed E-state index contributed by atoms with van der Waals surface area (Å²) in [6.45, 7) is 0. The molecule has 0 heteroatoms. The maximum Gasteiger partial charge on any atom is -0.0169 e. The number of allylic oxidation sites excluding steroid dienone is 8. The van der Waals surface area contributed by atoms with E-state index in [0.717, 1.165) is 19.3 Å². The Bertz CT molecular complexity index is 192. The van der Waals surface area contributed by atoms with E-state index in [2.05, 4.69) is 48.6 Å². The Morgan fingerprint density at radius 2 is 0.692 bits per heavy atom. The van der Waals surface area contributed by atoms with Gasteiger partial charge in [0.2, 0.25) is 0 Å². The molecule has 0 radical (unpaired) electrons. The van der Waals surface area contributed by atoms with Gasteiger partial charge >= 0.3 is 0 Å². The van der Waals surface area contributed by atoms with E-state index in [1.807, 2.05) is 0 Å². The first-order valence-electron chi connectivity index (χ1n) is 5.10. The lowest BCUT2D eigenvalue weighted by atomic mass is 10.2. The lowest BCUT2D eigenvalue weighted by Gasteiger charge is -1.85. The molecule has 0 aromatic rings. The minimum atomic E-state index is 1.07. The third kappa shape index (κ3) is 6.15. The summed E-state index contributed by atoms with van der Waals surface area (Å²) in [5, 5.41) is 0. The molecule has 1 aliphatic rings. The molecule has 0 amide bonds. The molecular formula is C13H18. The van der Waals surface area contributed by atoms with E-state index >= 15 is 0 Å². The predicted octanol–water partition coefficient (Wildman–Crippen LogP) is 4.18. The molecule has 0 aromatic heterocycles. The maximum absolute atomic E-state index is 2.26. The summed E-state index contributed by atoms with van der Waals surface area (Å²) in [5.41, 5.74) is 0.